The first-order chi connectivity index (χ1) is 15.4. The molecule has 0 spiro atoms. The first-order valence-electron chi connectivity index (χ1n) is 12.0. The molecular weight excluding hydrogens is 463 g/mol. The summed E-state index contributed by atoms with van der Waals surface area (Å²) in [4.78, 5) is -0.202. The van der Waals surface area contributed by atoms with Crippen LogP contribution in [0.5, 0.6) is 17.2 Å². The second-order valence-electron chi connectivity index (χ2n) is 8.46. The predicted octanol–water partition coefficient (Wildman–Crippen LogP) is 4.05. The third-order valence-electron chi connectivity index (χ3n) is 5.70. The van der Waals surface area contributed by atoms with E-state index in [9.17, 15) is 13.5 Å². The van der Waals surface area contributed by atoms with Crippen molar-refractivity contribution in [3.05, 3.63) is 48.0 Å². The van der Waals surface area contributed by atoms with Gasteiger partial charge in [-0.2, -0.15) is 8.42 Å². The minimum atomic E-state index is -4.23. The molecule has 0 amide bonds. The van der Waals surface area contributed by atoms with E-state index in [0.717, 1.165) is 24.8 Å². The van der Waals surface area contributed by atoms with E-state index < -0.39 is 10.1 Å². The van der Waals surface area contributed by atoms with Gasteiger partial charge in [0.1, 0.15) is 11.5 Å². The number of aryl methyl sites for hydroxylation is 1. The molecule has 2 aromatic rings. The van der Waals surface area contributed by atoms with Crippen molar-refractivity contribution in [1.29, 1.82) is 0 Å². The van der Waals surface area contributed by atoms with Crippen molar-refractivity contribution in [2.45, 2.75) is 95.3 Å². The molecule has 0 aromatic heterocycles. The molecule has 0 heterocycles. The Bertz CT molecular complexity index is 897. The Morgan fingerprint density at radius 1 is 0.758 bits per heavy atom. The van der Waals surface area contributed by atoms with Crippen molar-refractivity contribution in [2.75, 3.05) is 0 Å². The van der Waals surface area contributed by atoms with Crippen LogP contribution in [0.3, 0.4) is 0 Å². The zero-order valence-electron chi connectivity index (χ0n) is 20.2. The molecular formula is C26H37KO5S. The monoisotopic (exact) mass is 500 g/mol. The fraction of sp³-hybridized carbons (Fsp3) is 0.538. The SMILES string of the molecule is CCCCCCCCCCCCCCc1ccc(Oc2ccc(S(=O)(=O)O)cc2)cc1[O-].[K+]. The molecule has 0 aliphatic carbocycles. The summed E-state index contributed by atoms with van der Waals surface area (Å²) in [7, 11) is -4.23. The maximum Gasteiger partial charge on any atom is 1.00 e. The second kappa shape index (κ2) is 17.1. The molecule has 2 rings (SSSR count). The average Bonchev–Trinajstić information content (AvgIpc) is 2.75. The summed E-state index contributed by atoms with van der Waals surface area (Å²) in [6, 6.07) is 10.4. The number of rotatable bonds is 16. The zero-order chi connectivity index (χ0) is 23.2. The minimum absolute atomic E-state index is 0. The van der Waals surface area contributed by atoms with Gasteiger partial charge in [-0.3, -0.25) is 4.55 Å². The van der Waals surface area contributed by atoms with E-state index in [0.29, 0.717) is 11.5 Å². The topological polar surface area (TPSA) is 86.7 Å². The van der Waals surface area contributed by atoms with Crippen molar-refractivity contribution in [2.24, 2.45) is 0 Å². The maximum atomic E-state index is 12.4. The summed E-state index contributed by atoms with van der Waals surface area (Å²) in [5, 5.41) is 12.4. The Kier molecular flexibility index (Phi) is 15.9. The summed E-state index contributed by atoms with van der Waals surface area (Å²) in [5.41, 5.74) is 0.797. The molecule has 0 bridgehead atoms. The first-order valence-corrected chi connectivity index (χ1v) is 13.4. The van der Waals surface area contributed by atoms with Crippen LogP contribution in [-0.2, 0) is 16.5 Å². The molecule has 0 fully saturated rings. The Balaban J connectivity index is 0.00000544. The molecule has 0 radical (unpaired) electrons. The van der Waals surface area contributed by atoms with Crippen molar-refractivity contribution < 1.29 is 74.2 Å². The molecule has 178 valence electrons. The number of benzene rings is 2. The fourth-order valence-electron chi connectivity index (χ4n) is 3.78. The summed E-state index contributed by atoms with van der Waals surface area (Å²) in [6.07, 6.45) is 16.3. The Morgan fingerprint density at radius 3 is 1.73 bits per heavy atom. The Labute approximate surface area is 242 Å². The molecule has 7 heteroatoms. The van der Waals surface area contributed by atoms with Gasteiger partial charge in [-0.05, 0) is 49.2 Å². The van der Waals surface area contributed by atoms with Crippen molar-refractivity contribution in [1.82, 2.24) is 0 Å². The van der Waals surface area contributed by atoms with Crippen molar-refractivity contribution in [3.8, 4) is 17.2 Å². The predicted molar refractivity (Wildman–Crippen MR) is 127 cm³/mol. The third kappa shape index (κ3) is 12.7. The van der Waals surface area contributed by atoms with Gasteiger partial charge in [0.15, 0.2) is 0 Å². The van der Waals surface area contributed by atoms with Gasteiger partial charge in [0, 0.05) is 0 Å². The molecule has 0 aliphatic heterocycles. The maximum absolute atomic E-state index is 12.4. The zero-order valence-corrected chi connectivity index (χ0v) is 24.2. The number of hydrogen-bond donors (Lipinski definition) is 1. The van der Waals surface area contributed by atoms with Crippen molar-refractivity contribution >= 4 is 10.1 Å². The molecule has 0 atom stereocenters. The van der Waals surface area contributed by atoms with Crippen LogP contribution < -0.4 is 61.2 Å². The van der Waals surface area contributed by atoms with Gasteiger partial charge in [-0.25, -0.2) is 0 Å². The van der Waals surface area contributed by atoms with Crippen LogP contribution in [0.1, 0.15) is 89.5 Å². The van der Waals surface area contributed by atoms with Gasteiger partial charge in [-0.15, -0.1) is 5.75 Å². The molecule has 2 aromatic carbocycles. The molecule has 0 saturated carbocycles. The third-order valence-corrected chi connectivity index (χ3v) is 6.56. The van der Waals surface area contributed by atoms with Crippen LogP contribution in [0.2, 0.25) is 0 Å². The summed E-state index contributed by atoms with van der Waals surface area (Å²) < 4.78 is 36.8. The van der Waals surface area contributed by atoms with Gasteiger partial charge in [0.05, 0.1) is 4.90 Å². The van der Waals surface area contributed by atoms with Gasteiger partial charge >= 0.3 is 51.4 Å². The van der Waals surface area contributed by atoms with E-state index in [1.165, 1.54) is 94.5 Å². The van der Waals surface area contributed by atoms with Crippen LogP contribution >= 0.6 is 0 Å². The van der Waals surface area contributed by atoms with Crippen LogP contribution in [0, 0.1) is 0 Å². The quantitative estimate of drug-likeness (QED) is 0.213. The molecule has 1 N–H and O–H groups in total. The Hall–Kier alpha value is -0.414. The molecule has 0 unspecified atom stereocenters. The van der Waals surface area contributed by atoms with E-state index in [4.69, 9.17) is 9.29 Å². The number of unbranched alkanes of at least 4 members (excludes halogenated alkanes) is 11. The fourth-order valence-corrected chi connectivity index (χ4v) is 4.26. The largest absolute Gasteiger partial charge is 1.00 e. The number of ether oxygens (including phenoxy) is 1. The van der Waals surface area contributed by atoms with E-state index in [1.807, 2.05) is 6.07 Å². The van der Waals surface area contributed by atoms with Crippen LogP contribution in [0.15, 0.2) is 47.4 Å². The summed E-state index contributed by atoms with van der Waals surface area (Å²) >= 11 is 0. The second-order valence-corrected chi connectivity index (χ2v) is 9.88. The van der Waals surface area contributed by atoms with Crippen molar-refractivity contribution in [3.63, 3.8) is 0 Å². The normalized spacial score (nSPS) is 11.2. The van der Waals surface area contributed by atoms with E-state index in [2.05, 4.69) is 6.92 Å². The standard InChI is InChI=1S/C26H38O5S.K/c1-2-3-4-5-6-7-8-9-10-11-12-13-14-22-15-16-24(21-26(22)27)31-23-17-19-25(20-18-23)32(28,29)30;/h15-21,27H,2-14H2,1H3,(H,28,29,30);/q;+1/p-1. The van der Waals surface area contributed by atoms with Gasteiger partial charge in [0.2, 0.25) is 0 Å². The smallest absolute Gasteiger partial charge is 0.872 e. The summed E-state index contributed by atoms with van der Waals surface area (Å²) in [5.74, 6) is 0.763. The minimum Gasteiger partial charge on any atom is -0.872 e. The number of hydrogen-bond acceptors (Lipinski definition) is 4. The molecule has 5 nitrogen and oxygen atoms in total. The first kappa shape index (κ1) is 30.6. The van der Waals surface area contributed by atoms with E-state index in [1.54, 1.807) is 6.07 Å². The molecule has 33 heavy (non-hydrogen) atoms. The van der Waals surface area contributed by atoms with Gasteiger partial charge in [0.25, 0.3) is 10.1 Å². The Morgan fingerprint density at radius 2 is 1.24 bits per heavy atom. The average molecular weight is 501 g/mol. The van der Waals surface area contributed by atoms with Crippen LogP contribution in [0.25, 0.3) is 0 Å². The van der Waals surface area contributed by atoms with Crippen LogP contribution in [-0.4, -0.2) is 13.0 Å². The summed E-state index contributed by atoms with van der Waals surface area (Å²) in [6.45, 7) is 2.25. The molecule has 0 saturated heterocycles. The van der Waals surface area contributed by atoms with E-state index in [-0.39, 0.29) is 62.0 Å². The molecule has 0 aliphatic rings. The van der Waals surface area contributed by atoms with Gasteiger partial charge in [-0.1, -0.05) is 89.2 Å². The van der Waals surface area contributed by atoms with Gasteiger partial charge < -0.3 is 9.84 Å². The van der Waals surface area contributed by atoms with E-state index >= 15 is 0 Å². The van der Waals surface area contributed by atoms with Crippen LogP contribution in [0.4, 0.5) is 0 Å².